The fourth-order valence-corrected chi connectivity index (χ4v) is 2.79. The standard InChI is InChI=1S/C19H22N6O2/c1-13(2)15-5-4-6-16(11-15)25-9-7-14(3)17(19(25)27)18(26)20-8-10-24-12-21-22-23-24/h4-7,9,11-13H,8,10H2,1-3H3,(H,20,26). The van der Waals surface area contributed by atoms with E-state index in [4.69, 9.17) is 0 Å². The van der Waals surface area contributed by atoms with Gasteiger partial charge >= 0.3 is 0 Å². The van der Waals surface area contributed by atoms with Gasteiger partial charge in [-0.2, -0.15) is 0 Å². The predicted octanol–water partition coefficient (Wildman–Crippen LogP) is 1.69. The maximum absolute atomic E-state index is 13.0. The summed E-state index contributed by atoms with van der Waals surface area (Å²) in [5.74, 6) is -0.0555. The van der Waals surface area contributed by atoms with Crippen molar-refractivity contribution >= 4 is 5.91 Å². The number of pyridine rings is 1. The summed E-state index contributed by atoms with van der Waals surface area (Å²) in [5.41, 5.74) is 2.32. The molecule has 0 aliphatic rings. The van der Waals surface area contributed by atoms with Crippen LogP contribution < -0.4 is 10.9 Å². The molecule has 1 N–H and O–H groups in total. The van der Waals surface area contributed by atoms with Crippen molar-refractivity contribution in [1.82, 2.24) is 30.1 Å². The number of nitrogens with one attached hydrogen (secondary N) is 1. The number of carbonyl (C=O) groups excluding carboxylic acids is 1. The third-order valence-corrected chi connectivity index (χ3v) is 4.36. The smallest absolute Gasteiger partial charge is 0.268 e. The van der Waals surface area contributed by atoms with Gasteiger partial charge in [0.05, 0.1) is 6.54 Å². The van der Waals surface area contributed by atoms with Crippen LogP contribution in [0.15, 0.2) is 47.7 Å². The van der Waals surface area contributed by atoms with Gasteiger partial charge in [0, 0.05) is 18.4 Å². The number of nitrogens with zero attached hydrogens (tertiary/aromatic N) is 5. The molecule has 0 unspecified atom stereocenters. The van der Waals surface area contributed by atoms with Crippen LogP contribution in [0.5, 0.6) is 0 Å². The number of carbonyl (C=O) groups is 1. The zero-order chi connectivity index (χ0) is 19.4. The fraction of sp³-hybridized carbons (Fsp3) is 0.316. The first-order chi connectivity index (χ1) is 13.0. The van der Waals surface area contributed by atoms with Crippen LogP contribution in [0.2, 0.25) is 0 Å². The molecule has 0 saturated carbocycles. The monoisotopic (exact) mass is 366 g/mol. The molecule has 27 heavy (non-hydrogen) atoms. The molecular formula is C19H22N6O2. The Labute approximate surface area is 156 Å². The molecule has 1 amide bonds. The third kappa shape index (κ3) is 4.11. The number of amides is 1. The average Bonchev–Trinajstić information content (AvgIpc) is 3.15. The number of rotatable bonds is 6. The van der Waals surface area contributed by atoms with Crippen molar-refractivity contribution in [2.75, 3.05) is 6.54 Å². The summed E-state index contributed by atoms with van der Waals surface area (Å²) < 4.78 is 3.02. The zero-order valence-corrected chi connectivity index (χ0v) is 15.6. The van der Waals surface area contributed by atoms with Gasteiger partial charge in [-0.25, -0.2) is 4.68 Å². The van der Waals surface area contributed by atoms with E-state index in [1.165, 1.54) is 15.6 Å². The van der Waals surface area contributed by atoms with Crippen molar-refractivity contribution in [3.8, 4) is 5.69 Å². The van der Waals surface area contributed by atoms with Gasteiger partial charge in [0.25, 0.3) is 11.5 Å². The van der Waals surface area contributed by atoms with E-state index >= 15 is 0 Å². The molecule has 0 saturated heterocycles. The molecule has 1 aromatic carbocycles. The molecule has 0 spiro atoms. The SMILES string of the molecule is Cc1ccn(-c2cccc(C(C)C)c2)c(=O)c1C(=O)NCCn1cnnn1. The highest BCUT2D eigenvalue weighted by atomic mass is 16.2. The molecule has 0 aliphatic carbocycles. The highest BCUT2D eigenvalue weighted by Crippen LogP contribution is 2.17. The molecule has 0 atom stereocenters. The first-order valence-corrected chi connectivity index (χ1v) is 8.79. The van der Waals surface area contributed by atoms with Crippen LogP contribution in [0.4, 0.5) is 0 Å². The number of hydrogen-bond donors (Lipinski definition) is 1. The van der Waals surface area contributed by atoms with E-state index in [-0.39, 0.29) is 11.1 Å². The Balaban J connectivity index is 1.86. The van der Waals surface area contributed by atoms with Gasteiger partial charge in [0.1, 0.15) is 11.9 Å². The maximum Gasteiger partial charge on any atom is 0.268 e. The molecule has 2 heterocycles. The molecule has 8 heteroatoms. The van der Waals surface area contributed by atoms with E-state index in [9.17, 15) is 9.59 Å². The summed E-state index contributed by atoms with van der Waals surface area (Å²) in [4.78, 5) is 25.6. The molecule has 3 rings (SSSR count). The second kappa shape index (κ2) is 7.94. The van der Waals surface area contributed by atoms with E-state index < -0.39 is 5.91 Å². The van der Waals surface area contributed by atoms with Crippen molar-refractivity contribution in [3.05, 3.63) is 69.9 Å². The van der Waals surface area contributed by atoms with Gasteiger partial charge in [-0.15, -0.1) is 5.10 Å². The lowest BCUT2D eigenvalue weighted by atomic mass is 10.0. The molecule has 8 nitrogen and oxygen atoms in total. The Bertz CT molecular complexity index is 992. The van der Waals surface area contributed by atoms with Crippen LogP contribution in [0.3, 0.4) is 0 Å². The first kappa shape index (κ1) is 18.5. The molecule has 140 valence electrons. The van der Waals surface area contributed by atoms with Gasteiger partial charge in [0.15, 0.2) is 0 Å². The molecule has 0 fully saturated rings. The molecule has 0 aliphatic heterocycles. The van der Waals surface area contributed by atoms with Crippen molar-refractivity contribution in [1.29, 1.82) is 0 Å². The van der Waals surface area contributed by atoms with Gasteiger partial charge < -0.3 is 5.32 Å². The van der Waals surface area contributed by atoms with Crippen molar-refractivity contribution < 1.29 is 4.79 Å². The number of aromatic nitrogens is 5. The summed E-state index contributed by atoms with van der Waals surface area (Å²) in [5, 5.41) is 13.6. The lowest BCUT2D eigenvalue weighted by Crippen LogP contribution is -2.35. The fourth-order valence-electron chi connectivity index (χ4n) is 2.79. The topological polar surface area (TPSA) is 94.7 Å². The minimum absolute atomic E-state index is 0.143. The van der Waals surface area contributed by atoms with Gasteiger partial charge in [0.2, 0.25) is 0 Å². The van der Waals surface area contributed by atoms with Crippen molar-refractivity contribution in [2.45, 2.75) is 33.2 Å². The zero-order valence-electron chi connectivity index (χ0n) is 15.6. The van der Waals surface area contributed by atoms with E-state index in [1.54, 1.807) is 19.2 Å². The summed E-state index contributed by atoms with van der Waals surface area (Å²) in [6.07, 6.45) is 3.17. The second-order valence-corrected chi connectivity index (χ2v) is 6.63. The number of benzene rings is 1. The summed E-state index contributed by atoms with van der Waals surface area (Å²) >= 11 is 0. The Kier molecular flexibility index (Phi) is 5.44. The Morgan fingerprint density at radius 2 is 2.07 bits per heavy atom. The highest BCUT2D eigenvalue weighted by molar-refractivity contribution is 5.95. The highest BCUT2D eigenvalue weighted by Gasteiger charge is 2.16. The summed E-state index contributed by atoms with van der Waals surface area (Å²) in [6, 6.07) is 9.56. The number of hydrogen-bond acceptors (Lipinski definition) is 5. The first-order valence-electron chi connectivity index (χ1n) is 8.79. The number of aryl methyl sites for hydroxylation is 1. The minimum Gasteiger partial charge on any atom is -0.350 e. The van der Waals surface area contributed by atoms with Crippen molar-refractivity contribution in [3.63, 3.8) is 0 Å². The second-order valence-electron chi connectivity index (χ2n) is 6.63. The van der Waals surface area contributed by atoms with Crippen LogP contribution in [-0.4, -0.2) is 37.2 Å². The van der Waals surface area contributed by atoms with Crippen LogP contribution in [0.25, 0.3) is 5.69 Å². The predicted molar refractivity (Wildman–Crippen MR) is 101 cm³/mol. The quantitative estimate of drug-likeness (QED) is 0.716. The van der Waals surface area contributed by atoms with E-state index in [0.29, 0.717) is 24.6 Å². The number of tetrazole rings is 1. The average molecular weight is 366 g/mol. The third-order valence-electron chi connectivity index (χ3n) is 4.36. The molecule has 3 aromatic rings. The Hall–Kier alpha value is -3.29. The largest absolute Gasteiger partial charge is 0.350 e. The lowest BCUT2D eigenvalue weighted by Gasteiger charge is -2.13. The molecular weight excluding hydrogens is 344 g/mol. The van der Waals surface area contributed by atoms with E-state index in [0.717, 1.165) is 11.3 Å². The van der Waals surface area contributed by atoms with E-state index in [1.807, 2.05) is 24.3 Å². The Morgan fingerprint density at radius 3 is 2.78 bits per heavy atom. The van der Waals surface area contributed by atoms with Crippen LogP contribution in [-0.2, 0) is 6.54 Å². The Morgan fingerprint density at radius 1 is 1.26 bits per heavy atom. The molecule has 2 aromatic heterocycles. The van der Waals surface area contributed by atoms with Gasteiger partial charge in [-0.3, -0.25) is 14.2 Å². The maximum atomic E-state index is 13.0. The van der Waals surface area contributed by atoms with Crippen LogP contribution >= 0.6 is 0 Å². The normalized spacial score (nSPS) is 11.0. The van der Waals surface area contributed by atoms with Gasteiger partial charge in [-0.1, -0.05) is 26.0 Å². The van der Waals surface area contributed by atoms with Crippen molar-refractivity contribution in [2.24, 2.45) is 0 Å². The van der Waals surface area contributed by atoms with Crippen LogP contribution in [0, 0.1) is 6.92 Å². The summed E-state index contributed by atoms with van der Waals surface area (Å²) in [6.45, 7) is 6.70. The summed E-state index contributed by atoms with van der Waals surface area (Å²) in [7, 11) is 0. The minimum atomic E-state index is -0.403. The van der Waals surface area contributed by atoms with Crippen LogP contribution in [0.1, 0.15) is 41.3 Å². The molecule has 0 radical (unpaired) electrons. The van der Waals surface area contributed by atoms with Gasteiger partial charge in [-0.05, 0) is 52.6 Å². The van der Waals surface area contributed by atoms with E-state index in [2.05, 4.69) is 34.7 Å². The lowest BCUT2D eigenvalue weighted by molar-refractivity contribution is 0.0949. The molecule has 0 bridgehead atoms.